The molecular formula is C11H19NS2. The van der Waals surface area contributed by atoms with Gasteiger partial charge in [0.2, 0.25) is 0 Å². The zero-order valence-electron chi connectivity index (χ0n) is 8.79. The van der Waals surface area contributed by atoms with Gasteiger partial charge in [0.05, 0.1) is 0 Å². The summed E-state index contributed by atoms with van der Waals surface area (Å²) in [4.78, 5) is 0. The quantitative estimate of drug-likeness (QED) is 0.726. The SMILES string of the molecule is C#CCCC(NCC)C1CSCCS1. The van der Waals surface area contributed by atoms with Crippen LogP contribution in [0.25, 0.3) is 0 Å². The van der Waals surface area contributed by atoms with Crippen LogP contribution < -0.4 is 5.32 Å². The maximum atomic E-state index is 5.31. The maximum Gasteiger partial charge on any atom is 0.0292 e. The molecule has 1 fully saturated rings. The van der Waals surface area contributed by atoms with Gasteiger partial charge in [-0.2, -0.15) is 23.5 Å². The topological polar surface area (TPSA) is 12.0 Å². The van der Waals surface area contributed by atoms with E-state index in [1.165, 1.54) is 17.3 Å². The summed E-state index contributed by atoms with van der Waals surface area (Å²) in [5.74, 6) is 6.64. The minimum atomic E-state index is 0.619. The first-order valence-electron chi connectivity index (χ1n) is 5.24. The number of hydrogen-bond acceptors (Lipinski definition) is 3. The van der Waals surface area contributed by atoms with Crippen molar-refractivity contribution in [2.24, 2.45) is 0 Å². The second-order valence-corrected chi connectivity index (χ2v) is 5.89. The average molecular weight is 229 g/mol. The van der Waals surface area contributed by atoms with Crippen LogP contribution in [0.4, 0.5) is 0 Å². The summed E-state index contributed by atoms with van der Waals surface area (Å²) in [7, 11) is 0. The van der Waals surface area contributed by atoms with Crippen molar-refractivity contribution in [1.82, 2.24) is 5.32 Å². The fraction of sp³-hybridized carbons (Fsp3) is 0.818. The highest BCUT2D eigenvalue weighted by Gasteiger charge is 2.22. The van der Waals surface area contributed by atoms with E-state index in [1.54, 1.807) is 0 Å². The normalized spacial score (nSPS) is 24.1. The molecule has 80 valence electrons. The van der Waals surface area contributed by atoms with Gasteiger partial charge in [-0.05, 0) is 13.0 Å². The Morgan fingerprint density at radius 3 is 3.00 bits per heavy atom. The van der Waals surface area contributed by atoms with Crippen molar-refractivity contribution in [3.63, 3.8) is 0 Å². The Bertz CT molecular complexity index is 182. The third-order valence-electron chi connectivity index (χ3n) is 2.36. The molecule has 1 rings (SSSR count). The molecule has 3 heteroatoms. The molecule has 1 aliphatic heterocycles. The fourth-order valence-corrected chi connectivity index (χ4v) is 4.59. The third kappa shape index (κ3) is 4.16. The van der Waals surface area contributed by atoms with Gasteiger partial charge in [0.15, 0.2) is 0 Å². The van der Waals surface area contributed by atoms with Crippen LogP contribution in [-0.4, -0.2) is 35.1 Å². The second-order valence-electron chi connectivity index (χ2n) is 3.39. The first kappa shape index (κ1) is 12.3. The van der Waals surface area contributed by atoms with Crippen LogP contribution in [-0.2, 0) is 0 Å². The van der Waals surface area contributed by atoms with Crippen molar-refractivity contribution in [2.75, 3.05) is 23.8 Å². The molecule has 2 atom stereocenters. The molecule has 1 heterocycles. The summed E-state index contributed by atoms with van der Waals surface area (Å²) in [5, 5.41) is 4.32. The lowest BCUT2D eigenvalue weighted by molar-refractivity contribution is 0.498. The Hall–Kier alpha value is 0.220. The van der Waals surface area contributed by atoms with Crippen molar-refractivity contribution in [3.8, 4) is 12.3 Å². The Morgan fingerprint density at radius 1 is 1.57 bits per heavy atom. The zero-order valence-corrected chi connectivity index (χ0v) is 10.4. The van der Waals surface area contributed by atoms with E-state index in [0.717, 1.165) is 24.6 Å². The van der Waals surface area contributed by atoms with Crippen molar-refractivity contribution in [1.29, 1.82) is 0 Å². The van der Waals surface area contributed by atoms with E-state index in [-0.39, 0.29) is 0 Å². The van der Waals surface area contributed by atoms with E-state index >= 15 is 0 Å². The smallest absolute Gasteiger partial charge is 0.0292 e. The molecule has 1 saturated heterocycles. The van der Waals surface area contributed by atoms with Crippen LogP contribution in [0, 0.1) is 12.3 Å². The van der Waals surface area contributed by atoms with Gasteiger partial charge in [0, 0.05) is 35.0 Å². The predicted molar refractivity (Wildman–Crippen MR) is 69.1 cm³/mol. The number of rotatable bonds is 5. The summed E-state index contributed by atoms with van der Waals surface area (Å²) in [6.07, 6.45) is 7.34. The van der Waals surface area contributed by atoms with Crippen LogP contribution in [0.2, 0.25) is 0 Å². The molecule has 0 aromatic carbocycles. The van der Waals surface area contributed by atoms with Crippen molar-refractivity contribution in [2.45, 2.75) is 31.1 Å². The monoisotopic (exact) mass is 229 g/mol. The van der Waals surface area contributed by atoms with Crippen LogP contribution >= 0.6 is 23.5 Å². The molecule has 1 nitrogen and oxygen atoms in total. The minimum Gasteiger partial charge on any atom is -0.313 e. The highest BCUT2D eigenvalue weighted by Crippen LogP contribution is 2.27. The van der Waals surface area contributed by atoms with Crippen LogP contribution in [0.15, 0.2) is 0 Å². The number of nitrogens with one attached hydrogen (secondary N) is 1. The Labute approximate surface area is 96.2 Å². The Kier molecular flexibility index (Phi) is 6.59. The lowest BCUT2D eigenvalue weighted by atomic mass is 10.1. The first-order chi connectivity index (χ1) is 6.88. The van der Waals surface area contributed by atoms with E-state index in [9.17, 15) is 0 Å². The van der Waals surface area contributed by atoms with Crippen molar-refractivity contribution >= 4 is 23.5 Å². The highest BCUT2D eigenvalue weighted by atomic mass is 32.2. The molecule has 0 aliphatic carbocycles. The van der Waals surface area contributed by atoms with E-state index in [4.69, 9.17) is 6.42 Å². The van der Waals surface area contributed by atoms with E-state index in [1.807, 2.05) is 0 Å². The van der Waals surface area contributed by atoms with Gasteiger partial charge in [0.25, 0.3) is 0 Å². The van der Waals surface area contributed by atoms with E-state index in [0.29, 0.717) is 6.04 Å². The van der Waals surface area contributed by atoms with Crippen LogP contribution in [0.5, 0.6) is 0 Å². The molecule has 14 heavy (non-hydrogen) atoms. The summed E-state index contributed by atoms with van der Waals surface area (Å²) in [6, 6.07) is 0.619. The number of hydrogen-bond donors (Lipinski definition) is 1. The van der Waals surface area contributed by atoms with Gasteiger partial charge in [-0.25, -0.2) is 0 Å². The molecule has 0 radical (unpaired) electrons. The van der Waals surface area contributed by atoms with Gasteiger partial charge in [-0.15, -0.1) is 12.3 Å². The average Bonchev–Trinajstić information content (AvgIpc) is 2.25. The second kappa shape index (κ2) is 7.50. The predicted octanol–water partition coefficient (Wildman–Crippen LogP) is 2.23. The Balaban J connectivity index is 2.35. The van der Waals surface area contributed by atoms with E-state index in [2.05, 4.69) is 41.7 Å². The molecule has 2 unspecified atom stereocenters. The lowest BCUT2D eigenvalue weighted by Gasteiger charge is -2.29. The zero-order chi connectivity index (χ0) is 10.2. The van der Waals surface area contributed by atoms with Crippen molar-refractivity contribution < 1.29 is 0 Å². The van der Waals surface area contributed by atoms with Gasteiger partial charge in [-0.3, -0.25) is 0 Å². The molecule has 0 saturated carbocycles. The van der Waals surface area contributed by atoms with Gasteiger partial charge >= 0.3 is 0 Å². The first-order valence-corrected chi connectivity index (χ1v) is 7.45. The summed E-state index contributed by atoms with van der Waals surface area (Å²) < 4.78 is 0. The Morgan fingerprint density at radius 2 is 2.43 bits per heavy atom. The summed E-state index contributed by atoms with van der Waals surface area (Å²) in [6.45, 7) is 3.22. The molecule has 0 bridgehead atoms. The van der Waals surface area contributed by atoms with Crippen LogP contribution in [0.1, 0.15) is 19.8 Å². The third-order valence-corrected chi connectivity index (χ3v) is 5.28. The van der Waals surface area contributed by atoms with Gasteiger partial charge < -0.3 is 5.32 Å². The maximum absolute atomic E-state index is 5.31. The molecule has 0 aromatic rings. The number of terminal acetylenes is 1. The summed E-state index contributed by atoms with van der Waals surface area (Å²) in [5.41, 5.74) is 0. The van der Waals surface area contributed by atoms with E-state index < -0.39 is 0 Å². The standard InChI is InChI=1S/C11H19NS2/c1-3-5-6-10(12-4-2)11-9-13-7-8-14-11/h1,10-12H,4-9H2,2H3. The lowest BCUT2D eigenvalue weighted by Crippen LogP contribution is -2.40. The van der Waals surface area contributed by atoms with Gasteiger partial charge in [0.1, 0.15) is 0 Å². The summed E-state index contributed by atoms with van der Waals surface area (Å²) >= 11 is 4.19. The molecular weight excluding hydrogens is 210 g/mol. The largest absolute Gasteiger partial charge is 0.313 e. The molecule has 0 amide bonds. The minimum absolute atomic E-state index is 0.619. The molecule has 0 aromatic heterocycles. The van der Waals surface area contributed by atoms with Crippen molar-refractivity contribution in [3.05, 3.63) is 0 Å². The molecule has 1 N–H and O–H groups in total. The number of thioether (sulfide) groups is 2. The van der Waals surface area contributed by atoms with Gasteiger partial charge in [-0.1, -0.05) is 6.92 Å². The highest BCUT2D eigenvalue weighted by molar-refractivity contribution is 8.06. The fourth-order valence-electron chi connectivity index (χ4n) is 1.66. The van der Waals surface area contributed by atoms with Crippen LogP contribution in [0.3, 0.4) is 0 Å². The molecule has 1 aliphatic rings. The molecule has 0 spiro atoms.